The predicted octanol–water partition coefficient (Wildman–Crippen LogP) is 0.504. The van der Waals surface area contributed by atoms with Gasteiger partial charge in [0.25, 0.3) is 0 Å². The summed E-state index contributed by atoms with van der Waals surface area (Å²) in [6, 6.07) is 10.6. The van der Waals surface area contributed by atoms with Crippen LogP contribution in [0.2, 0.25) is 0 Å². The van der Waals surface area contributed by atoms with Gasteiger partial charge in [0, 0.05) is 72.0 Å². The first-order valence-corrected chi connectivity index (χ1v) is 10.4. The van der Waals surface area contributed by atoms with Gasteiger partial charge in [0.1, 0.15) is 12.4 Å². The summed E-state index contributed by atoms with van der Waals surface area (Å²) in [7, 11) is 6.31. The minimum Gasteiger partial charge on any atom is -0.492 e. The summed E-state index contributed by atoms with van der Waals surface area (Å²) in [5.74, 6) is 1.98. The molecule has 3 rings (SSSR count). The molecule has 2 fully saturated rings. The van der Waals surface area contributed by atoms with Crippen molar-refractivity contribution in [3.05, 3.63) is 30.3 Å². The maximum Gasteiger partial charge on any atom is 0.193 e. The molecule has 0 saturated carbocycles. The van der Waals surface area contributed by atoms with Crippen LogP contribution in [0.25, 0.3) is 0 Å². The van der Waals surface area contributed by atoms with Crippen LogP contribution in [-0.2, 0) is 0 Å². The van der Waals surface area contributed by atoms with E-state index in [2.05, 4.69) is 44.0 Å². The molecule has 0 aromatic heterocycles. The Morgan fingerprint density at radius 3 is 2.54 bits per heavy atom. The molecular weight excluding hydrogens is 352 g/mol. The molecule has 7 heteroatoms. The van der Waals surface area contributed by atoms with Crippen molar-refractivity contribution >= 4 is 5.96 Å². The van der Waals surface area contributed by atoms with Crippen LogP contribution in [0, 0.1) is 0 Å². The molecule has 1 N–H and O–H groups in total. The quantitative estimate of drug-likeness (QED) is 0.566. The monoisotopic (exact) mass is 388 g/mol. The molecule has 2 aliphatic rings. The Hall–Kier alpha value is -1.83. The first-order chi connectivity index (χ1) is 13.7. The summed E-state index contributed by atoms with van der Waals surface area (Å²) in [6.45, 7) is 10.1. The van der Waals surface area contributed by atoms with E-state index in [0.29, 0.717) is 6.04 Å². The van der Waals surface area contributed by atoms with Gasteiger partial charge >= 0.3 is 0 Å². The van der Waals surface area contributed by atoms with Gasteiger partial charge in [-0.3, -0.25) is 14.8 Å². The Bertz CT molecular complexity index is 602. The fourth-order valence-electron chi connectivity index (χ4n) is 3.86. The lowest BCUT2D eigenvalue weighted by Crippen LogP contribution is -2.57. The summed E-state index contributed by atoms with van der Waals surface area (Å²) in [5, 5.41) is 3.60. The summed E-state index contributed by atoms with van der Waals surface area (Å²) in [5.41, 5.74) is 0. The number of benzene rings is 1. The van der Waals surface area contributed by atoms with Gasteiger partial charge in [-0.25, -0.2) is 0 Å². The fourth-order valence-corrected chi connectivity index (χ4v) is 3.86. The molecule has 0 spiro atoms. The van der Waals surface area contributed by atoms with Crippen molar-refractivity contribution in [2.24, 2.45) is 4.99 Å². The number of rotatable bonds is 6. The Balaban J connectivity index is 1.36. The second kappa shape index (κ2) is 10.6. The molecular formula is C21H36N6O. The number of hydrogen-bond donors (Lipinski definition) is 1. The van der Waals surface area contributed by atoms with Gasteiger partial charge in [-0.1, -0.05) is 18.2 Å². The molecule has 0 radical (unpaired) electrons. The van der Waals surface area contributed by atoms with Gasteiger partial charge in [-0.05, 0) is 26.2 Å². The molecule has 1 atom stereocenters. The third-order valence-electron chi connectivity index (χ3n) is 5.78. The summed E-state index contributed by atoms with van der Waals surface area (Å²) in [6.07, 6.45) is 0. The van der Waals surface area contributed by atoms with E-state index < -0.39 is 0 Å². The van der Waals surface area contributed by atoms with Gasteiger partial charge in [-0.2, -0.15) is 0 Å². The van der Waals surface area contributed by atoms with E-state index in [1.165, 1.54) is 0 Å². The lowest BCUT2D eigenvalue weighted by Gasteiger charge is -2.40. The Kier molecular flexibility index (Phi) is 7.94. The van der Waals surface area contributed by atoms with Crippen molar-refractivity contribution in [3.8, 4) is 5.75 Å². The SMILES string of the molecule is CN=C(NCC1CN(C)CCN1C)N1CCN(CCOc2ccccc2)CC1. The lowest BCUT2D eigenvalue weighted by molar-refractivity contribution is 0.115. The van der Waals surface area contributed by atoms with Gasteiger partial charge in [0.05, 0.1) is 0 Å². The standard InChI is InChI=1S/C21H36N6O/c1-22-21(23-17-19-18-24(2)9-10-25(19)3)27-13-11-26(12-14-27)15-16-28-20-7-5-4-6-8-20/h4-8,19H,9-18H2,1-3H3,(H,22,23). The number of nitrogens with one attached hydrogen (secondary N) is 1. The van der Waals surface area contributed by atoms with Crippen molar-refractivity contribution in [1.29, 1.82) is 0 Å². The number of hydrogen-bond acceptors (Lipinski definition) is 5. The van der Waals surface area contributed by atoms with Crippen molar-refractivity contribution in [2.45, 2.75) is 6.04 Å². The third kappa shape index (κ3) is 6.09. The van der Waals surface area contributed by atoms with Crippen molar-refractivity contribution in [3.63, 3.8) is 0 Å². The molecule has 0 aliphatic carbocycles. The van der Waals surface area contributed by atoms with E-state index in [4.69, 9.17) is 4.74 Å². The molecule has 0 bridgehead atoms. The van der Waals surface area contributed by atoms with Crippen LogP contribution in [0.1, 0.15) is 0 Å². The van der Waals surface area contributed by atoms with Crippen LogP contribution in [-0.4, -0.2) is 118 Å². The van der Waals surface area contributed by atoms with E-state index in [1.54, 1.807) is 0 Å². The summed E-state index contributed by atoms with van der Waals surface area (Å²) < 4.78 is 5.83. The van der Waals surface area contributed by atoms with E-state index >= 15 is 0 Å². The molecule has 2 aliphatic heterocycles. The molecule has 28 heavy (non-hydrogen) atoms. The summed E-state index contributed by atoms with van der Waals surface area (Å²) >= 11 is 0. The smallest absolute Gasteiger partial charge is 0.193 e. The van der Waals surface area contributed by atoms with Crippen molar-refractivity contribution in [2.75, 3.05) is 86.7 Å². The maximum atomic E-state index is 5.83. The number of ether oxygens (including phenoxy) is 1. The summed E-state index contributed by atoms with van der Waals surface area (Å²) in [4.78, 5) is 14.2. The van der Waals surface area contributed by atoms with E-state index in [0.717, 1.165) is 77.2 Å². The minimum absolute atomic E-state index is 0.534. The molecule has 2 saturated heterocycles. The average Bonchev–Trinajstić information content (AvgIpc) is 2.73. The highest BCUT2D eigenvalue weighted by Gasteiger charge is 2.24. The molecule has 7 nitrogen and oxygen atoms in total. The molecule has 1 aromatic carbocycles. The maximum absolute atomic E-state index is 5.83. The predicted molar refractivity (Wildman–Crippen MR) is 115 cm³/mol. The minimum atomic E-state index is 0.534. The topological polar surface area (TPSA) is 46.6 Å². The molecule has 0 amide bonds. The van der Waals surface area contributed by atoms with Crippen molar-refractivity contribution < 1.29 is 4.74 Å². The zero-order chi connectivity index (χ0) is 19.8. The highest BCUT2D eigenvalue weighted by molar-refractivity contribution is 5.80. The molecule has 1 aromatic rings. The van der Waals surface area contributed by atoms with Crippen LogP contribution >= 0.6 is 0 Å². The zero-order valence-electron chi connectivity index (χ0n) is 17.7. The second-order valence-electron chi connectivity index (χ2n) is 7.81. The Morgan fingerprint density at radius 1 is 1.07 bits per heavy atom. The number of aliphatic imine (C=N–C) groups is 1. The van der Waals surface area contributed by atoms with Gasteiger partial charge in [0.15, 0.2) is 5.96 Å². The molecule has 156 valence electrons. The van der Waals surface area contributed by atoms with E-state index in [1.807, 2.05) is 37.4 Å². The highest BCUT2D eigenvalue weighted by atomic mass is 16.5. The number of para-hydroxylation sites is 1. The molecule has 1 unspecified atom stereocenters. The van der Waals surface area contributed by atoms with Crippen LogP contribution in [0.5, 0.6) is 5.75 Å². The fraction of sp³-hybridized carbons (Fsp3) is 0.667. The normalized spacial score (nSPS) is 23.0. The lowest BCUT2D eigenvalue weighted by atomic mass is 10.2. The van der Waals surface area contributed by atoms with Gasteiger partial charge < -0.3 is 19.9 Å². The van der Waals surface area contributed by atoms with Crippen molar-refractivity contribution in [1.82, 2.24) is 24.9 Å². The number of piperazine rings is 2. The first-order valence-electron chi connectivity index (χ1n) is 10.4. The molecule has 2 heterocycles. The second-order valence-corrected chi connectivity index (χ2v) is 7.81. The van der Waals surface area contributed by atoms with Crippen LogP contribution in [0.15, 0.2) is 35.3 Å². The van der Waals surface area contributed by atoms with Crippen LogP contribution in [0.3, 0.4) is 0 Å². The number of nitrogens with zero attached hydrogens (tertiary/aromatic N) is 5. The average molecular weight is 389 g/mol. The van der Waals surface area contributed by atoms with Crippen LogP contribution < -0.4 is 10.1 Å². The van der Waals surface area contributed by atoms with Crippen LogP contribution in [0.4, 0.5) is 0 Å². The van der Waals surface area contributed by atoms with E-state index in [-0.39, 0.29) is 0 Å². The van der Waals surface area contributed by atoms with Gasteiger partial charge in [0.2, 0.25) is 0 Å². The zero-order valence-corrected chi connectivity index (χ0v) is 17.7. The number of likely N-dealkylation sites (N-methyl/N-ethyl adjacent to an activating group) is 2. The Morgan fingerprint density at radius 2 is 1.82 bits per heavy atom. The number of guanidine groups is 1. The first kappa shape index (κ1) is 20.9. The van der Waals surface area contributed by atoms with E-state index in [9.17, 15) is 0 Å². The largest absolute Gasteiger partial charge is 0.492 e. The third-order valence-corrected chi connectivity index (χ3v) is 5.78. The Labute approximate surface area is 169 Å². The van der Waals surface area contributed by atoms with Gasteiger partial charge in [-0.15, -0.1) is 0 Å². The highest BCUT2D eigenvalue weighted by Crippen LogP contribution is 2.09.